The molecule has 4 aromatic rings. The summed E-state index contributed by atoms with van der Waals surface area (Å²) < 4.78 is 0. The summed E-state index contributed by atoms with van der Waals surface area (Å²) in [6.07, 6.45) is 8.92. The van der Waals surface area contributed by atoms with E-state index in [1.54, 1.807) is 0 Å². The number of fused-ring (bicyclic) bond motifs is 4. The molecule has 0 N–H and O–H groups in total. The minimum absolute atomic E-state index is 0.103. The molecule has 0 aliphatic heterocycles. The Morgan fingerprint density at radius 3 is 2.50 bits per heavy atom. The third-order valence-corrected chi connectivity index (χ3v) is 6.63. The van der Waals surface area contributed by atoms with Crippen molar-refractivity contribution in [3.63, 3.8) is 0 Å². The summed E-state index contributed by atoms with van der Waals surface area (Å²) in [6.45, 7) is 6.97. The van der Waals surface area contributed by atoms with Gasteiger partial charge in [-0.2, -0.15) is 0 Å². The first kappa shape index (κ1) is 17.7. The summed E-state index contributed by atoms with van der Waals surface area (Å²) in [7, 11) is 0. The summed E-state index contributed by atoms with van der Waals surface area (Å²) in [4.78, 5) is 5.03. The van der Waals surface area contributed by atoms with Gasteiger partial charge in [-0.1, -0.05) is 75.4 Å². The van der Waals surface area contributed by atoms with Crippen molar-refractivity contribution in [1.29, 1.82) is 0 Å². The number of allylic oxidation sites excluding steroid dienone is 1. The van der Waals surface area contributed by atoms with Crippen molar-refractivity contribution in [2.75, 3.05) is 0 Å². The van der Waals surface area contributed by atoms with Gasteiger partial charge in [0.05, 0.1) is 5.69 Å². The normalized spacial score (nSPS) is 14.1. The third kappa shape index (κ3) is 2.45. The fourth-order valence-corrected chi connectivity index (χ4v) is 5.28. The van der Waals surface area contributed by atoms with Gasteiger partial charge in [0, 0.05) is 28.1 Å². The molecule has 2 aliphatic rings. The Balaban J connectivity index is 1.70. The van der Waals surface area contributed by atoms with Gasteiger partial charge in [-0.15, -0.1) is 0 Å². The van der Waals surface area contributed by atoms with E-state index >= 15 is 0 Å². The molecule has 0 saturated heterocycles. The second kappa shape index (κ2) is 6.15. The summed E-state index contributed by atoms with van der Waals surface area (Å²) >= 11 is 0. The van der Waals surface area contributed by atoms with Crippen molar-refractivity contribution in [1.82, 2.24) is 4.98 Å². The molecule has 6 rings (SSSR count). The maximum Gasteiger partial charge on any atom is 0.0787 e. The highest BCUT2D eigenvalue weighted by molar-refractivity contribution is 6.18. The number of hydrogen-bond acceptors (Lipinski definition) is 1. The Kier molecular flexibility index (Phi) is 3.62. The van der Waals surface area contributed by atoms with Crippen LogP contribution in [0, 0.1) is 0 Å². The van der Waals surface area contributed by atoms with E-state index in [4.69, 9.17) is 4.98 Å². The van der Waals surface area contributed by atoms with Gasteiger partial charge in [-0.3, -0.25) is 4.98 Å². The monoisotopic (exact) mass is 387 g/mol. The molecule has 146 valence electrons. The predicted molar refractivity (Wildman–Crippen MR) is 128 cm³/mol. The predicted octanol–water partition coefficient (Wildman–Crippen LogP) is 7.81. The maximum absolute atomic E-state index is 5.03. The average Bonchev–Trinajstić information content (AvgIpc) is 3.09. The van der Waals surface area contributed by atoms with Gasteiger partial charge in [0.2, 0.25) is 0 Å². The van der Waals surface area contributed by atoms with Crippen molar-refractivity contribution >= 4 is 16.8 Å². The van der Waals surface area contributed by atoms with E-state index in [1.165, 1.54) is 55.3 Å². The second-order valence-corrected chi connectivity index (χ2v) is 9.58. The number of benzene rings is 3. The van der Waals surface area contributed by atoms with Crippen LogP contribution in [0.1, 0.15) is 43.9 Å². The largest absolute Gasteiger partial charge is 0.255 e. The van der Waals surface area contributed by atoms with E-state index in [2.05, 4.69) is 93.7 Å². The first-order valence-electron chi connectivity index (χ1n) is 10.9. The summed E-state index contributed by atoms with van der Waals surface area (Å²) in [5.74, 6) is 0. The molecule has 1 aromatic heterocycles. The molecular formula is C29H25N. The van der Waals surface area contributed by atoms with Gasteiger partial charge in [-0.25, -0.2) is 0 Å². The third-order valence-electron chi connectivity index (χ3n) is 6.63. The van der Waals surface area contributed by atoms with Gasteiger partial charge in [0.15, 0.2) is 0 Å². The maximum atomic E-state index is 5.03. The van der Waals surface area contributed by atoms with E-state index in [9.17, 15) is 0 Å². The van der Waals surface area contributed by atoms with Gasteiger partial charge in [0.25, 0.3) is 0 Å². The molecule has 0 fully saturated rings. The highest BCUT2D eigenvalue weighted by Crippen LogP contribution is 2.50. The number of pyridine rings is 1. The lowest BCUT2D eigenvalue weighted by Gasteiger charge is -2.27. The molecule has 0 radical (unpaired) electrons. The molecule has 3 aromatic carbocycles. The smallest absolute Gasteiger partial charge is 0.0787 e. The molecule has 1 heteroatoms. The minimum Gasteiger partial charge on any atom is -0.255 e. The Bertz CT molecular complexity index is 1370. The number of nitrogens with zero attached hydrogens (tertiary/aromatic N) is 1. The van der Waals surface area contributed by atoms with E-state index in [1.807, 2.05) is 0 Å². The number of hydrogen-bond donors (Lipinski definition) is 0. The van der Waals surface area contributed by atoms with Gasteiger partial charge in [0.1, 0.15) is 0 Å². The molecule has 0 atom stereocenters. The SMILES string of the molecule is CC(C)(C)c1cc(-c2ncc3cccc4c3c2-c2ccccc2-4)cc2c1CCC=C2. The van der Waals surface area contributed by atoms with Gasteiger partial charge in [-0.05, 0) is 63.8 Å². The number of rotatable bonds is 1. The van der Waals surface area contributed by atoms with E-state index in [0.29, 0.717) is 0 Å². The van der Waals surface area contributed by atoms with Crippen LogP contribution in [0.4, 0.5) is 0 Å². The van der Waals surface area contributed by atoms with Crippen LogP contribution < -0.4 is 0 Å². The highest BCUT2D eigenvalue weighted by atomic mass is 14.7. The zero-order chi connectivity index (χ0) is 20.5. The Labute approximate surface area is 178 Å². The quantitative estimate of drug-likeness (QED) is 0.286. The molecule has 0 saturated carbocycles. The van der Waals surface area contributed by atoms with Crippen molar-refractivity contribution in [2.24, 2.45) is 0 Å². The summed E-state index contributed by atoms with van der Waals surface area (Å²) in [6, 6.07) is 20.1. The van der Waals surface area contributed by atoms with Crippen molar-refractivity contribution in [3.8, 4) is 33.5 Å². The van der Waals surface area contributed by atoms with Crippen LogP contribution >= 0.6 is 0 Å². The molecule has 30 heavy (non-hydrogen) atoms. The van der Waals surface area contributed by atoms with Gasteiger partial charge >= 0.3 is 0 Å². The van der Waals surface area contributed by atoms with Crippen LogP contribution in [0.15, 0.2) is 66.9 Å². The second-order valence-electron chi connectivity index (χ2n) is 9.58. The fraction of sp³-hybridized carbons (Fsp3) is 0.207. The highest BCUT2D eigenvalue weighted by Gasteiger charge is 2.27. The van der Waals surface area contributed by atoms with E-state index in [0.717, 1.165) is 18.5 Å². The van der Waals surface area contributed by atoms with Crippen LogP contribution in [-0.2, 0) is 11.8 Å². The minimum atomic E-state index is 0.103. The van der Waals surface area contributed by atoms with Crippen LogP contribution in [0.2, 0.25) is 0 Å². The average molecular weight is 388 g/mol. The lowest BCUT2D eigenvalue weighted by molar-refractivity contribution is 0.581. The topological polar surface area (TPSA) is 12.9 Å². The van der Waals surface area contributed by atoms with Crippen molar-refractivity contribution in [3.05, 3.63) is 83.6 Å². The molecule has 0 spiro atoms. The van der Waals surface area contributed by atoms with E-state index in [-0.39, 0.29) is 5.41 Å². The summed E-state index contributed by atoms with van der Waals surface area (Å²) in [5, 5.41) is 2.56. The lowest BCUT2D eigenvalue weighted by Crippen LogP contribution is -2.16. The Hall–Kier alpha value is -3.19. The molecule has 1 nitrogen and oxygen atoms in total. The Morgan fingerprint density at radius 1 is 0.867 bits per heavy atom. The van der Waals surface area contributed by atoms with Gasteiger partial charge < -0.3 is 0 Å². The zero-order valence-electron chi connectivity index (χ0n) is 17.8. The standard InChI is InChI=1S/C29H25N/c1-29(2,3)25-16-20(15-18-9-4-5-11-21(18)25)28-27-24-13-7-6-12-22(24)23-14-8-10-19(17-30-28)26(23)27/h4,6-10,12-17H,5,11H2,1-3H3. The molecule has 0 bridgehead atoms. The van der Waals surface area contributed by atoms with E-state index < -0.39 is 0 Å². The molecule has 0 amide bonds. The van der Waals surface area contributed by atoms with Crippen LogP contribution in [-0.4, -0.2) is 4.98 Å². The molecule has 2 aliphatic carbocycles. The van der Waals surface area contributed by atoms with Crippen LogP contribution in [0.25, 0.3) is 50.4 Å². The molecular weight excluding hydrogens is 362 g/mol. The first-order valence-corrected chi connectivity index (χ1v) is 10.9. The molecule has 1 heterocycles. The zero-order valence-corrected chi connectivity index (χ0v) is 17.8. The van der Waals surface area contributed by atoms with Crippen LogP contribution in [0.5, 0.6) is 0 Å². The van der Waals surface area contributed by atoms with Crippen LogP contribution in [0.3, 0.4) is 0 Å². The first-order chi connectivity index (χ1) is 14.5. The van der Waals surface area contributed by atoms with Crippen molar-refractivity contribution in [2.45, 2.75) is 39.0 Å². The summed E-state index contributed by atoms with van der Waals surface area (Å²) in [5.41, 5.74) is 12.0. The lowest BCUT2D eigenvalue weighted by atomic mass is 9.78. The number of aromatic nitrogens is 1. The molecule has 0 unspecified atom stereocenters. The Morgan fingerprint density at radius 2 is 1.67 bits per heavy atom. The fourth-order valence-electron chi connectivity index (χ4n) is 5.28. The van der Waals surface area contributed by atoms with Crippen molar-refractivity contribution < 1.29 is 0 Å².